The van der Waals surface area contributed by atoms with Crippen LogP contribution in [0.1, 0.15) is 12.0 Å². The fourth-order valence-electron chi connectivity index (χ4n) is 3.82. The van der Waals surface area contributed by atoms with E-state index in [0.717, 1.165) is 53.5 Å². The first-order valence-corrected chi connectivity index (χ1v) is 10.6. The lowest BCUT2D eigenvalue weighted by atomic mass is 10.0. The Balaban J connectivity index is 1.49. The number of nitrogens with one attached hydrogen (secondary N) is 1. The van der Waals surface area contributed by atoms with Crippen molar-refractivity contribution in [1.29, 1.82) is 0 Å². The van der Waals surface area contributed by atoms with Crippen LogP contribution in [0, 0.1) is 6.92 Å². The maximum absolute atomic E-state index is 10.5. The molecule has 2 aromatic heterocycles. The molecule has 0 aliphatic carbocycles. The second-order valence-electron chi connectivity index (χ2n) is 7.77. The molecule has 0 bridgehead atoms. The average molecular weight is 428 g/mol. The number of hydrogen-bond acceptors (Lipinski definition) is 6. The van der Waals surface area contributed by atoms with E-state index in [9.17, 15) is 5.11 Å². The summed E-state index contributed by atoms with van der Waals surface area (Å²) in [6.07, 6.45) is 6.47. The number of pyridine rings is 1. The van der Waals surface area contributed by atoms with Gasteiger partial charge >= 0.3 is 0 Å². The predicted octanol–water partition coefficient (Wildman–Crippen LogP) is 4.86. The highest BCUT2D eigenvalue weighted by Crippen LogP contribution is 2.43. The fraction of sp³-hybridized carbons (Fsp3) is 0.200. The maximum Gasteiger partial charge on any atom is 0.231 e. The number of anilines is 1. The van der Waals surface area contributed by atoms with E-state index in [0.29, 0.717) is 11.3 Å². The highest BCUT2D eigenvalue weighted by molar-refractivity contribution is 5.81. The van der Waals surface area contributed by atoms with E-state index in [1.165, 1.54) is 0 Å². The first-order chi connectivity index (χ1) is 15.7. The zero-order valence-electron chi connectivity index (χ0n) is 17.8. The van der Waals surface area contributed by atoms with Crippen molar-refractivity contribution < 1.29 is 14.6 Å². The molecule has 5 rings (SSSR count). The Hall–Kier alpha value is -4.00. The van der Waals surface area contributed by atoms with Gasteiger partial charge in [-0.1, -0.05) is 23.8 Å². The molecule has 2 aromatic carbocycles. The number of ether oxygens (including phenoxy) is 2. The molecule has 7 heteroatoms. The third-order valence-corrected chi connectivity index (χ3v) is 5.42. The molecule has 0 spiro atoms. The van der Waals surface area contributed by atoms with Gasteiger partial charge in [0.25, 0.3) is 0 Å². The first-order valence-electron chi connectivity index (χ1n) is 10.6. The summed E-state index contributed by atoms with van der Waals surface area (Å²) in [4.78, 5) is 8.87. The van der Waals surface area contributed by atoms with Crippen molar-refractivity contribution >= 4 is 5.82 Å². The molecule has 32 heavy (non-hydrogen) atoms. The van der Waals surface area contributed by atoms with Gasteiger partial charge in [0.2, 0.25) is 6.79 Å². The van der Waals surface area contributed by atoms with Crippen molar-refractivity contribution in [2.24, 2.45) is 0 Å². The van der Waals surface area contributed by atoms with E-state index in [-0.39, 0.29) is 12.5 Å². The zero-order valence-corrected chi connectivity index (χ0v) is 17.8. The second kappa shape index (κ2) is 8.63. The highest BCUT2D eigenvalue weighted by atomic mass is 16.7. The van der Waals surface area contributed by atoms with Gasteiger partial charge in [0.15, 0.2) is 11.5 Å². The van der Waals surface area contributed by atoms with Crippen LogP contribution in [-0.2, 0) is 6.54 Å². The average Bonchev–Trinajstić information content (AvgIpc) is 3.50. The lowest BCUT2D eigenvalue weighted by Crippen LogP contribution is -2.07. The summed E-state index contributed by atoms with van der Waals surface area (Å²) in [6, 6.07) is 15.4. The van der Waals surface area contributed by atoms with E-state index in [1.807, 2.05) is 66.5 Å². The Morgan fingerprint density at radius 1 is 1.09 bits per heavy atom. The van der Waals surface area contributed by atoms with Gasteiger partial charge in [0.05, 0.1) is 12.0 Å². The minimum Gasteiger partial charge on any atom is -0.507 e. The molecular formula is C25H24N4O3. The number of para-hydroxylation sites is 1. The molecule has 3 heterocycles. The number of aromatic hydroxyl groups is 1. The molecule has 1 aliphatic rings. The summed E-state index contributed by atoms with van der Waals surface area (Å²) in [6.45, 7) is 3.83. The quantitative estimate of drug-likeness (QED) is 0.409. The highest BCUT2D eigenvalue weighted by Gasteiger charge is 2.20. The van der Waals surface area contributed by atoms with E-state index in [2.05, 4.69) is 10.3 Å². The standard InChI is InChI=1S/C25H24N4O3/c1-17-6-7-22(30)20(12-17)21-13-18(19-4-2-5-23-25(19)32-16-31-23)14-24(28-21)27-8-3-10-29-11-9-26-15-29/h2,4-7,9,11-15,30H,3,8,10,16H2,1H3,(H,27,28). The van der Waals surface area contributed by atoms with E-state index in [1.54, 1.807) is 12.3 Å². The fourth-order valence-corrected chi connectivity index (χ4v) is 3.82. The minimum absolute atomic E-state index is 0.198. The van der Waals surface area contributed by atoms with Crippen molar-refractivity contribution in [1.82, 2.24) is 14.5 Å². The number of phenolic OH excluding ortho intramolecular Hbond substituents is 1. The van der Waals surface area contributed by atoms with Crippen LogP contribution in [0.25, 0.3) is 22.4 Å². The monoisotopic (exact) mass is 428 g/mol. The molecular weight excluding hydrogens is 404 g/mol. The van der Waals surface area contributed by atoms with E-state index >= 15 is 0 Å². The number of fused-ring (bicyclic) bond motifs is 1. The van der Waals surface area contributed by atoms with Gasteiger partial charge < -0.3 is 24.5 Å². The normalized spacial score (nSPS) is 12.2. The predicted molar refractivity (Wildman–Crippen MR) is 123 cm³/mol. The number of benzene rings is 2. The number of imidazole rings is 1. The van der Waals surface area contributed by atoms with Gasteiger partial charge in [-0.05, 0) is 49.2 Å². The van der Waals surface area contributed by atoms with Gasteiger partial charge in [-0.3, -0.25) is 0 Å². The van der Waals surface area contributed by atoms with Crippen LogP contribution in [0.15, 0.2) is 67.3 Å². The molecule has 2 N–H and O–H groups in total. The van der Waals surface area contributed by atoms with Gasteiger partial charge in [0, 0.05) is 36.6 Å². The summed E-state index contributed by atoms with van der Waals surface area (Å²) >= 11 is 0. The molecule has 0 saturated carbocycles. The van der Waals surface area contributed by atoms with Crippen LogP contribution in [0.4, 0.5) is 5.82 Å². The number of aromatic nitrogens is 3. The number of phenols is 1. The van der Waals surface area contributed by atoms with Crippen molar-refractivity contribution in [2.75, 3.05) is 18.7 Å². The van der Waals surface area contributed by atoms with Crippen LogP contribution < -0.4 is 14.8 Å². The summed E-state index contributed by atoms with van der Waals surface area (Å²) in [5, 5.41) is 13.9. The Kier molecular flexibility index (Phi) is 5.37. The Labute approximate surface area is 186 Å². The van der Waals surface area contributed by atoms with Crippen molar-refractivity contribution in [3.05, 3.63) is 72.8 Å². The summed E-state index contributed by atoms with van der Waals surface area (Å²) in [5.74, 6) is 2.39. The molecule has 1 aliphatic heterocycles. The number of hydrogen-bond donors (Lipinski definition) is 2. The Bertz CT molecular complexity index is 1240. The maximum atomic E-state index is 10.5. The van der Waals surface area contributed by atoms with Gasteiger partial charge in [-0.15, -0.1) is 0 Å². The third kappa shape index (κ3) is 4.09. The minimum atomic E-state index is 0.198. The summed E-state index contributed by atoms with van der Waals surface area (Å²) in [7, 11) is 0. The van der Waals surface area contributed by atoms with Crippen molar-refractivity contribution in [3.8, 4) is 39.6 Å². The van der Waals surface area contributed by atoms with Crippen molar-refractivity contribution in [2.45, 2.75) is 19.9 Å². The van der Waals surface area contributed by atoms with E-state index in [4.69, 9.17) is 14.5 Å². The Morgan fingerprint density at radius 3 is 2.91 bits per heavy atom. The second-order valence-corrected chi connectivity index (χ2v) is 7.77. The lowest BCUT2D eigenvalue weighted by molar-refractivity contribution is 0.174. The molecule has 162 valence electrons. The third-order valence-electron chi connectivity index (χ3n) is 5.42. The van der Waals surface area contributed by atoms with Crippen LogP contribution >= 0.6 is 0 Å². The smallest absolute Gasteiger partial charge is 0.231 e. The topological polar surface area (TPSA) is 81.4 Å². The molecule has 0 amide bonds. The zero-order chi connectivity index (χ0) is 21.9. The molecule has 0 unspecified atom stereocenters. The SMILES string of the molecule is Cc1ccc(O)c(-c2cc(-c3cccc4c3OCO4)cc(NCCCn3ccnc3)n2)c1. The Morgan fingerprint density at radius 2 is 2.03 bits per heavy atom. The van der Waals surface area contributed by atoms with Crippen LogP contribution in [0.5, 0.6) is 17.2 Å². The van der Waals surface area contributed by atoms with Gasteiger partial charge in [0.1, 0.15) is 11.6 Å². The van der Waals surface area contributed by atoms with Gasteiger partial charge in [-0.25, -0.2) is 9.97 Å². The number of nitrogens with zero attached hydrogens (tertiary/aromatic N) is 3. The van der Waals surface area contributed by atoms with Crippen molar-refractivity contribution in [3.63, 3.8) is 0 Å². The lowest BCUT2D eigenvalue weighted by Gasteiger charge is -2.14. The largest absolute Gasteiger partial charge is 0.507 e. The number of aryl methyl sites for hydroxylation is 2. The molecule has 7 nitrogen and oxygen atoms in total. The van der Waals surface area contributed by atoms with Crippen LogP contribution in [0.2, 0.25) is 0 Å². The molecule has 0 saturated heterocycles. The molecule has 0 fully saturated rings. The number of rotatable bonds is 7. The van der Waals surface area contributed by atoms with Crippen LogP contribution in [0.3, 0.4) is 0 Å². The summed E-state index contributed by atoms with van der Waals surface area (Å²) in [5.41, 5.74) is 4.31. The van der Waals surface area contributed by atoms with E-state index < -0.39 is 0 Å². The molecule has 4 aromatic rings. The summed E-state index contributed by atoms with van der Waals surface area (Å²) < 4.78 is 13.3. The van der Waals surface area contributed by atoms with Gasteiger partial charge in [-0.2, -0.15) is 0 Å². The molecule has 0 atom stereocenters. The molecule has 0 radical (unpaired) electrons. The van der Waals surface area contributed by atoms with Crippen LogP contribution in [-0.4, -0.2) is 33.0 Å². The first kappa shape index (κ1) is 19.9.